The molecule has 0 aromatic heterocycles. The molecule has 14 heavy (non-hydrogen) atoms. The monoisotopic (exact) mass is 204 g/mol. The fourth-order valence-electron chi connectivity index (χ4n) is 1.45. The average molecular weight is 204 g/mol. The van der Waals surface area contributed by atoms with Crippen molar-refractivity contribution < 1.29 is 14.9 Å². The maximum absolute atomic E-state index is 7.62. The number of aliphatic hydroxyl groups excluding tert-OH is 2. The standard InChI is InChI=1S/C9H18O.C2H6O2/c1-2-3-8-10-9-6-4-5-7-9;3-1-2-4/h9H,2-8H2,1H3;3-4H,1-2H2. The van der Waals surface area contributed by atoms with Gasteiger partial charge in [0.2, 0.25) is 0 Å². The molecule has 0 aliphatic heterocycles. The SMILES string of the molecule is CCCCOC1CCCC1.OCCO. The molecule has 2 N–H and O–H groups in total. The molecule has 1 rings (SSSR count). The van der Waals surface area contributed by atoms with E-state index in [4.69, 9.17) is 14.9 Å². The fourth-order valence-corrected chi connectivity index (χ4v) is 1.45. The zero-order chi connectivity index (χ0) is 10.6. The van der Waals surface area contributed by atoms with Crippen molar-refractivity contribution in [2.45, 2.75) is 51.6 Å². The van der Waals surface area contributed by atoms with Gasteiger partial charge in [0.15, 0.2) is 0 Å². The maximum atomic E-state index is 7.62. The van der Waals surface area contributed by atoms with Gasteiger partial charge in [-0.05, 0) is 19.3 Å². The average Bonchev–Trinajstić information content (AvgIpc) is 2.72. The fraction of sp³-hybridized carbons (Fsp3) is 1.00. The first kappa shape index (κ1) is 13.9. The van der Waals surface area contributed by atoms with Gasteiger partial charge in [0.05, 0.1) is 19.3 Å². The summed E-state index contributed by atoms with van der Waals surface area (Å²) in [5.41, 5.74) is 0. The predicted octanol–water partition coefficient (Wildman–Crippen LogP) is 1.72. The number of aliphatic hydroxyl groups is 2. The van der Waals surface area contributed by atoms with Crippen molar-refractivity contribution in [1.29, 1.82) is 0 Å². The second-order valence-electron chi connectivity index (χ2n) is 3.58. The quantitative estimate of drug-likeness (QED) is 0.670. The number of hydrogen-bond acceptors (Lipinski definition) is 3. The molecule has 0 spiro atoms. The lowest BCUT2D eigenvalue weighted by molar-refractivity contribution is 0.0565. The van der Waals surface area contributed by atoms with Crippen molar-refractivity contribution in [2.75, 3.05) is 19.8 Å². The Kier molecular flexibility index (Phi) is 10.9. The molecule has 1 aliphatic carbocycles. The molecule has 3 heteroatoms. The van der Waals surface area contributed by atoms with Crippen LogP contribution in [-0.2, 0) is 4.74 Å². The van der Waals surface area contributed by atoms with E-state index in [1.807, 2.05) is 0 Å². The van der Waals surface area contributed by atoms with Crippen LogP contribution < -0.4 is 0 Å². The van der Waals surface area contributed by atoms with E-state index in [0.29, 0.717) is 6.10 Å². The van der Waals surface area contributed by atoms with Gasteiger partial charge in [-0.2, -0.15) is 0 Å². The summed E-state index contributed by atoms with van der Waals surface area (Å²) >= 11 is 0. The third-order valence-electron chi connectivity index (χ3n) is 2.25. The van der Waals surface area contributed by atoms with Gasteiger partial charge in [-0.25, -0.2) is 0 Å². The third-order valence-corrected chi connectivity index (χ3v) is 2.25. The third kappa shape index (κ3) is 8.48. The molecular formula is C11H24O3. The van der Waals surface area contributed by atoms with Gasteiger partial charge >= 0.3 is 0 Å². The van der Waals surface area contributed by atoms with E-state index in [1.54, 1.807) is 0 Å². The summed E-state index contributed by atoms with van der Waals surface area (Å²) in [4.78, 5) is 0. The van der Waals surface area contributed by atoms with Gasteiger partial charge in [0, 0.05) is 6.61 Å². The topological polar surface area (TPSA) is 49.7 Å². The molecular weight excluding hydrogens is 180 g/mol. The molecule has 1 saturated carbocycles. The van der Waals surface area contributed by atoms with Crippen LogP contribution in [0.25, 0.3) is 0 Å². The molecule has 0 aromatic carbocycles. The summed E-state index contributed by atoms with van der Waals surface area (Å²) in [5, 5.41) is 15.2. The van der Waals surface area contributed by atoms with Crippen LogP contribution in [0.1, 0.15) is 45.4 Å². The molecule has 0 heterocycles. The molecule has 0 radical (unpaired) electrons. The van der Waals surface area contributed by atoms with E-state index < -0.39 is 0 Å². The van der Waals surface area contributed by atoms with Gasteiger partial charge in [-0.1, -0.05) is 26.2 Å². The molecule has 3 nitrogen and oxygen atoms in total. The van der Waals surface area contributed by atoms with Crippen molar-refractivity contribution in [2.24, 2.45) is 0 Å². The highest BCUT2D eigenvalue weighted by Crippen LogP contribution is 2.20. The van der Waals surface area contributed by atoms with E-state index in [1.165, 1.54) is 38.5 Å². The molecule has 1 fully saturated rings. The molecule has 0 atom stereocenters. The van der Waals surface area contributed by atoms with Gasteiger partial charge in [0.1, 0.15) is 0 Å². The normalized spacial score (nSPS) is 16.5. The number of rotatable bonds is 5. The first-order valence-corrected chi connectivity index (χ1v) is 5.68. The summed E-state index contributed by atoms with van der Waals surface area (Å²) in [7, 11) is 0. The highest BCUT2D eigenvalue weighted by Gasteiger charge is 2.14. The van der Waals surface area contributed by atoms with Crippen molar-refractivity contribution in [3.05, 3.63) is 0 Å². The Balaban J connectivity index is 0.000000364. The van der Waals surface area contributed by atoms with E-state index in [9.17, 15) is 0 Å². The van der Waals surface area contributed by atoms with Gasteiger partial charge in [0.25, 0.3) is 0 Å². The smallest absolute Gasteiger partial charge is 0.0662 e. The van der Waals surface area contributed by atoms with Crippen LogP contribution in [-0.4, -0.2) is 36.1 Å². The zero-order valence-corrected chi connectivity index (χ0v) is 9.24. The highest BCUT2D eigenvalue weighted by atomic mass is 16.5. The van der Waals surface area contributed by atoms with Crippen molar-refractivity contribution in [1.82, 2.24) is 0 Å². The Labute approximate surface area is 87.1 Å². The lowest BCUT2D eigenvalue weighted by atomic mass is 10.3. The first-order chi connectivity index (χ1) is 6.85. The van der Waals surface area contributed by atoms with Crippen LogP contribution in [0.3, 0.4) is 0 Å². The van der Waals surface area contributed by atoms with Crippen LogP contribution >= 0.6 is 0 Å². The minimum atomic E-state index is -0.125. The minimum absolute atomic E-state index is 0.125. The lowest BCUT2D eigenvalue weighted by Crippen LogP contribution is -2.07. The Morgan fingerprint density at radius 1 is 1.14 bits per heavy atom. The first-order valence-electron chi connectivity index (χ1n) is 5.68. The van der Waals surface area contributed by atoms with Gasteiger partial charge in [-0.15, -0.1) is 0 Å². The summed E-state index contributed by atoms with van der Waals surface area (Å²) in [6.07, 6.45) is 8.50. The van der Waals surface area contributed by atoms with E-state index in [-0.39, 0.29) is 13.2 Å². The van der Waals surface area contributed by atoms with E-state index >= 15 is 0 Å². The highest BCUT2D eigenvalue weighted by molar-refractivity contribution is 4.66. The van der Waals surface area contributed by atoms with Gasteiger partial charge in [-0.3, -0.25) is 0 Å². The zero-order valence-electron chi connectivity index (χ0n) is 9.24. The predicted molar refractivity (Wildman–Crippen MR) is 57.3 cm³/mol. The van der Waals surface area contributed by atoms with E-state index in [0.717, 1.165) is 6.61 Å². The van der Waals surface area contributed by atoms with Crippen LogP contribution in [0.15, 0.2) is 0 Å². The Hall–Kier alpha value is -0.120. The molecule has 86 valence electrons. The molecule has 0 aromatic rings. The number of ether oxygens (including phenoxy) is 1. The second kappa shape index (κ2) is 11.0. The van der Waals surface area contributed by atoms with Crippen molar-refractivity contribution >= 4 is 0 Å². The Bertz CT molecular complexity index is 98.7. The van der Waals surface area contributed by atoms with Gasteiger partial charge < -0.3 is 14.9 Å². The number of unbranched alkanes of at least 4 members (excludes halogenated alkanes) is 1. The summed E-state index contributed by atoms with van der Waals surface area (Å²) in [5.74, 6) is 0. The lowest BCUT2D eigenvalue weighted by Gasteiger charge is -2.09. The second-order valence-corrected chi connectivity index (χ2v) is 3.58. The molecule has 0 unspecified atom stereocenters. The molecule has 1 aliphatic rings. The largest absolute Gasteiger partial charge is 0.394 e. The van der Waals surface area contributed by atoms with Crippen molar-refractivity contribution in [3.8, 4) is 0 Å². The number of hydrogen-bond donors (Lipinski definition) is 2. The summed E-state index contributed by atoms with van der Waals surface area (Å²) < 4.78 is 5.64. The summed E-state index contributed by atoms with van der Waals surface area (Å²) in [6.45, 7) is 2.94. The Morgan fingerprint density at radius 2 is 1.71 bits per heavy atom. The molecule has 0 bridgehead atoms. The Morgan fingerprint density at radius 3 is 2.14 bits per heavy atom. The van der Waals surface area contributed by atoms with Crippen LogP contribution in [0, 0.1) is 0 Å². The maximum Gasteiger partial charge on any atom is 0.0662 e. The minimum Gasteiger partial charge on any atom is -0.394 e. The van der Waals surface area contributed by atoms with Crippen LogP contribution in [0.4, 0.5) is 0 Å². The van der Waals surface area contributed by atoms with Crippen LogP contribution in [0.5, 0.6) is 0 Å². The van der Waals surface area contributed by atoms with Crippen LogP contribution in [0.2, 0.25) is 0 Å². The molecule has 0 saturated heterocycles. The molecule has 0 amide bonds. The summed E-state index contributed by atoms with van der Waals surface area (Å²) in [6, 6.07) is 0. The van der Waals surface area contributed by atoms with Crippen molar-refractivity contribution in [3.63, 3.8) is 0 Å². The van der Waals surface area contributed by atoms with E-state index in [2.05, 4.69) is 6.92 Å².